The van der Waals surface area contributed by atoms with Crippen molar-refractivity contribution >= 4 is 41.0 Å². The van der Waals surface area contributed by atoms with E-state index in [4.69, 9.17) is 16.2 Å². The number of hydrogen-bond donors (Lipinski definition) is 6. The van der Waals surface area contributed by atoms with E-state index in [-0.39, 0.29) is 22.4 Å². The van der Waals surface area contributed by atoms with Gasteiger partial charge in [0.15, 0.2) is 5.96 Å². The van der Waals surface area contributed by atoms with E-state index in [1.165, 1.54) is 12.1 Å². The van der Waals surface area contributed by atoms with Crippen LogP contribution in [0.15, 0.2) is 53.5 Å². The van der Waals surface area contributed by atoms with Gasteiger partial charge in [0, 0.05) is 11.3 Å². The molecular weight excluding hydrogens is 552 g/mol. The summed E-state index contributed by atoms with van der Waals surface area (Å²) in [5.74, 6) is -2.36. The Labute approximate surface area is 252 Å². The summed E-state index contributed by atoms with van der Waals surface area (Å²) in [6.45, 7) is 13.3. The van der Waals surface area contributed by atoms with Gasteiger partial charge >= 0.3 is 5.97 Å². The van der Waals surface area contributed by atoms with E-state index in [9.17, 15) is 24.3 Å². The minimum absolute atomic E-state index is 0.0555. The van der Waals surface area contributed by atoms with Crippen LogP contribution in [-0.4, -0.2) is 54.0 Å². The first-order valence-electron chi connectivity index (χ1n) is 14.0. The molecule has 8 N–H and O–H groups in total. The number of amides is 3. The Bertz CT molecular complexity index is 1320. The number of aliphatic carboxylic acids is 1. The van der Waals surface area contributed by atoms with Crippen molar-refractivity contribution in [2.24, 2.45) is 33.2 Å². The van der Waals surface area contributed by atoms with Crippen LogP contribution in [0.2, 0.25) is 0 Å². The van der Waals surface area contributed by atoms with Crippen LogP contribution in [0.25, 0.3) is 0 Å². The zero-order chi connectivity index (χ0) is 32.4. The quantitative estimate of drug-likeness (QED) is 0.133. The zero-order valence-electron chi connectivity index (χ0n) is 25.7. The standard InChI is InChI=1S/C31H44N6O6/c1-19(2)31(5,6)17-30(3,4)18-43-23-12-10-21(11-13-23)35-28(42)24(15-26(39)40)37-25(38)16-34-27(41)20-8-7-9-22(14-20)36-29(32)33/h7-14,19,24H,15-18H2,1-6H3,(H,34,41)(H,35,42)(H,37,38)(H,39,40)(H4,32,33,36)/t24-/m0/s1. The maximum absolute atomic E-state index is 12.9. The van der Waals surface area contributed by atoms with E-state index in [0.29, 0.717) is 29.6 Å². The second kappa shape index (κ2) is 15.0. The van der Waals surface area contributed by atoms with Gasteiger partial charge in [-0.1, -0.05) is 47.6 Å². The van der Waals surface area contributed by atoms with Gasteiger partial charge in [0.1, 0.15) is 11.8 Å². The van der Waals surface area contributed by atoms with Crippen molar-refractivity contribution < 1.29 is 29.0 Å². The molecule has 0 bridgehead atoms. The molecule has 0 aromatic heterocycles. The normalized spacial score (nSPS) is 12.2. The number of carboxylic acids is 1. The molecule has 0 aliphatic carbocycles. The second-order valence-electron chi connectivity index (χ2n) is 12.3. The summed E-state index contributed by atoms with van der Waals surface area (Å²) in [5.41, 5.74) is 11.8. The molecule has 0 fully saturated rings. The Morgan fingerprint density at radius 2 is 1.65 bits per heavy atom. The number of ether oxygens (including phenoxy) is 1. The third-order valence-electron chi connectivity index (χ3n) is 7.06. The van der Waals surface area contributed by atoms with Crippen molar-refractivity contribution in [1.29, 1.82) is 0 Å². The molecule has 12 heteroatoms. The second-order valence-corrected chi connectivity index (χ2v) is 12.3. The van der Waals surface area contributed by atoms with E-state index in [2.05, 4.69) is 62.5 Å². The van der Waals surface area contributed by atoms with Gasteiger partial charge in [-0.3, -0.25) is 19.2 Å². The average Bonchev–Trinajstić information content (AvgIpc) is 2.90. The number of rotatable bonds is 15. The SMILES string of the molecule is CC(C)C(C)(C)CC(C)(C)COc1ccc(NC(=O)[C@H](CC(=O)O)NC(=O)CNC(=O)c2cccc(N=C(N)N)c2)cc1. The van der Waals surface area contributed by atoms with Crippen LogP contribution in [0.5, 0.6) is 5.75 Å². The van der Waals surface area contributed by atoms with Crippen molar-refractivity contribution in [3.05, 3.63) is 54.1 Å². The number of benzene rings is 2. The molecule has 0 heterocycles. The molecular formula is C31H44N6O6. The Morgan fingerprint density at radius 3 is 2.23 bits per heavy atom. The maximum atomic E-state index is 12.9. The smallest absolute Gasteiger partial charge is 0.305 e. The van der Waals surface area contributed by atoms with Crippen molar-refractivity contribution in [3.8, 4) is 5.75 Å². The molecule has 0 saturated carbocycles. The predicted molar refractivity (Wildman–Crippen MR) is 166 cm³/mol. The van der Waals surface area contributed by atoms with Gasteiger partial charge in [-0.25, -0.2) is 4.99 Å². The molecule has 0 spiro atoms. The Kier molecular flexibility index (Phi) is 12.1. The highest BCUT2D eigenvalue weighted by Gasteiger charge is 2.32. The van der Waals surface area contributed by atoms with Gasteiger partial charge in [0.05, 0.1) is 25.3 Å². The highest BCUT2D eigenvalue weighted by Crippen LogP contribution is 2.39. The molecule has 1 atom stereocenters. The van der Waals surface area contributed by atoms with Crippen molar-refractivity contribution in [3.63, 3.8) is 0 Å². The maximum Gasteiger partial charge on any atom is 0.305 e. The Morgan fingerprint density at radius 1 is 1.00 bits per heavy atom. The molecule has 12 nitrogen and oxygen atoms in total. The minimum atomic E-state index is -1.38. The molecule has 0 aliphatic heterocycles. The minimum Gasteiger partial charge on any atom is -0.493 e. The molecule has 2 aromatic carbocycles. The summed E-state index contributed by atoms with van der Waals surface area (Å²) in [6.07, 6.45) is 0.327. The number of aliphatic imine (C=N–C) groups is 1. The number of carbonyl (C=O) groups is 4. The van der Waals surface area contributed by atoms with E-state index in [1.54, 1.807) is 36.4 Å². The predicted octanol–water partition coefficient (Wildman–Crippen LogP) is 3.40. The van der Waals surface area contributed by atoms with Crippen molar-refractivity contribution in [2.45, 2.75) is 60.4 Å². The highest BCUT2D eigenvalue weighted by molar-refractivity contribution is 6.00. The fourth-order valence-corrected chi connectivity index (χ4v) is 4.39. The van der Waals surface area contributed by atoms with E-state index < -0.39 is 42.7 Å². The fraction of sp³-hybridized carbons (Fsp3) is 0.452. The first kappa shape index (κ1) is 34.6. The van der Waals surface area contributed by atoms with E-state index >= 15 is 0 Å². The summed E-state index contributed by atoms with van der Waals surface area (Å²) in [4.78, 5) is 53.1. The van der Waals surface area contributed by atoms with Gasteiger partial charge in [-0.05, 0) is 65.6 Å². The van der Waals surface area contributed by atoms with Gasteiger partial charge in [0.25, 0.3) is 5.91 Å². The molecule has 2 rings (SSSR count). The molecule has 3 amide bonds. The monoisotopic (exact) mass is 596 g/mol. The van der Waals surface area contributed by atoms with Gasteiger partial charge in [0.2, 0.25) is 11.8 Å². The van der Waals surface area contributed by atoms with Crippen molar-refractivity contribution in [1.82, 2.24) is 10.6 Å². The fourth-order valence-electron chi connectivity index (χ4n) is 4.39. The van der Waals surface area contributed by atoms with Crippen LogP contribution in [-0.2, 0) is 14.4 Å². The van der Waals surface area contributed by atoms with Crippen LogP contribution in [0, 0.1) is 16.7 Å². The van der Waals surface area contributed by atoms with Crippen LogP contribution >= 0.6 is 0 Å². The lowest BCUT2D eigenvalue weighted by molar-refractivity contribution is -0.139. The van der Waals surface area contributed by atoms with Gasteiger partial charge in [-0.2, -0.15) is 0 Å². The average molecular weight is 597 g/mol. The third-order valence-corrected chi connectivity index (χ3v) is 7.06. The van der Waals surface area contributed by atoms with Crippen LogP contribution in [0.3, 0.4) is 0 Å². The number of guanidine groups is 1. The van der Waals surface area contributed by atoms with Crippen LogP contribution in [0.4, 0.5) is 11.4 Å². The molecule has 0 saturated heterocycles. The van der Waals surface area contributed by atoms with Gasteiger partial charge in [-0.15, -0.1) is 0 Å². The van der Waals surface area contributed by atoms with E-state index in [0.717, 1.165) is 6.42 Å². The Balaban J connectivity index is 1.95. The molecule has 43 heavy (non-hydrogen) atoms. The summed E-state index contributed by atoms with van der Waals surface area (Å²) < 4.78 is 6.01. The lowest BCUT2D eigenvalue weighted by Gasteiger charge is -2.37. The summed E-state index contributed by atoms with van der Waals surface area (Å²) in [6, 6.07) is 11.4. The van der Waals surface area contributed by atoms with E-state index in [1.807, 2.05) is 0 Å². The number of hydrogen-bond acceptors (Lipinski definition) is 6. The first-order valence-corrected chi connectivity index (χ1v) is 14.0. The van der Waals surface area contributed by atoms with Crippen molar-refractivity contribution in [2.75, 3.05) is 18.5 Å². The first-order chi connectivity index (χ1) is 20.0. The number of nitrogens with zero attached hydrogens (tertiary/aromatic N) is 1. The van der Waals surface area contributed by atoms with Crippen LogP contribution in [0.1, 0.15) is 64.7 Å². The highest BCUT2D eigenvalue weighted by atomic mass is 16.5. The number of nitrogens with one attached hydrogen (secondary N) is 3. The Hall–Kier alpha value is -4.61. The molecule has 0 unspecified atom stereocenters. The lowest BCUT2D eigenvalue weighted by atomic mass is 9.70. The lowest BCUT2D eigenvalue weighted by Crippen LogP contribution is -2.48. The van der Waals surface area contributed by atoms with Crippen LogP contribution < -0.4 is 32.2 Å². The molecule has 234 valence electrons. The third kappa shape index (κ3) is 12.0. The molecule has 0 aliphatic rings. The topological polar surface area (TPSA) is 198 Å². The van der Waals surface area contributed by atoms with Gasteiger partial charge < -0.3 is 37.3 Å². The molecule has 0 radical (unpaired) electrons. The number of nitrogens with two attached hydrogens (primary N) is 2. The number of carboxylic acid groups (broad SMARTS) is 1. The summed E-state index contributed by atoms with van der Waals surface area (Å²) in [7, 11) is 0. The summed E-state index contributed by atoms with van der Waals surface area (Å²) in [5, 5.41) is 16.7. The summed E-state index contributed by atoms with van der Waals surface area (Å²) >= 11 is 0. The number of carbonyl (C=O) groups excluding carboxylic acids is 3. The molecule has 2 aromatic rings. The zero-order valence-corrected chi connectivity index (χ0v) is 25.7. The number of anilines is 1. The largest absolute Gasteiger partial charge is 0.493 e.